The first-order valence-corrected chi connectivity index (χ1v) is 13.8. The standard InChI is InChI=1S/C32H39N3O3/c1-2-26-18-20-28(21-19-26)37-24-12-11-23-35-30-16-9-8-15-29(30)34-31(35)17-7-4-10-22-33-32(36)25-38-27-13-5-3-6-14-27/h3,5-6,8-9,13-16,18-21H,2,4,7,10-12,17,22-25H2,1H3,(H,33,36). The van der Waals surface area contributed by atoms with Crippen LogP contribution >= 0.6 is 0 Å². The number of rotatable bonds is 16. The second-order valence-electron chi connectivity index (χ2n) is 9.48. The Labute approximate surface area is 226 Å². The quantitative estimate of drug-likeness (QED) is 0.177. The van der Waals surface area contributed by atoms with Gasteiger partial charge in [-0.05, 0) is 74.1 Å². The van der Waals surface area contributed by atoms with E-state index in [0.717, 1.165) is 75.2 Å². The number of amides is 1. The normalized spacial score (nSPS) is 11.0. The van der Waals surface area contributed by atoms with Crippen molar-refractivity contribution in [2.45, 2.75) is 58.4 Å². The van der Waals surface area contributed by atoms with E-state index < -0.39 is 0 Å². The number of aromatic nitrogens is 2. The number of hydrogen-bond donors (Lipinski definition) is 1. The number of fused-ring (bicyclic) bond motifs is 1. The molecule has 6 heteroatoms. The van der Waals surface area contributed by atoms with Crippen LogP contribution in [0.25, 0.3) is 11.0 Å². The summed E-state index contributed by atoms with van der Waals surface area (Å²) in [4.78, 5) is 16.9. The molecule has 0 aliphatic rings. The molecule has 0 atom stereocenters. The third-order valence-electron chi connectivity index (χ3n) is 6.62. The van der Waals surface area contributed by atoms with Crippen LogP contribution in [0.5, 0.6) is 11.5 Å². The van der Waals surface area contributed by atoms with Crippen molar-refractivity contribution in [1.29, 1.82) is 0 Å². The van der Waals surface area contributed by atoms with Gasteiger partial charge in [-0.1, -0.05) is 55.8 Å². The molecule has 4 aromatic rings. The van der Waals surface area contributed by atoms with Crippen LogP contribution in [0.3, 0.4) is 0 Å². The van der Waals surface area contributed by atoms with E-state index in [2.05, 4.69) is 59.3 Å². The molecule has 0 saturated heterocycles. The Morgan fingerprint density at radius 2 is 1.58 bits per heavy atom. The van der Waals surface area contributed by atoms with Gasteiger partial charge in [0.15, 0.2) is 6.61 Å². The Morgan fingerprint density at radius 1 is 0.816 bits per heavy atom. The molecule has 38 heavy (non-hydrogen) atoms. The zero-order valence-corrected chi connectivity index (χ0v) is 22.4. The maximum Gasteiger partial charge on any atom is 0.257 e. The number of nitrogens with one attached hydrogen (secondary N) is 1. The van der Waals surface area contributed by atoms with E-state index in [0.29, 0.717) is 12.3 Å². The molecular formula is C32H39N3O3. The second kappa shape index (κ2) is 14.8. The van der Waals surface area contributed by atoms with Crippen LogP contribution in [0.2, 0.25) is 0 Å². The topological polar surface area (TPSA) is 65.4 Å². The summed E-state index contributed by atoms with van der Waals surface area (Å²) < 4.78 is 13.8. The van der Waals surface area contributed by atoms with Crippen molar-refractivity contribution in [1.82, 2.24) is 14.9 Å². The van der Waals surface area contributed by atoms with Gasteiger partial charge in [0.05, 0.1) is 17.6 Å². The average Bonchev–Trinajstić information content (AvgIpc) is 3.31. The number of imidazole rings is 1. The maximum atomic E-state index is 12.0. The summed E-state index contributed by atoms with van der Waals surface area (Å²) in [6, 6.07) is 26.2. The summed E-state index contributed by atoms with van der Waals surface area (Å²) in [5.41, 5.74) is 3.58. The number of aryl methyl sites for hydroxylation is 3. The minimum absolute atomic E-state index is 0.0458. The number of ether oxygens (including phenoxy) is 2. The third-order valence-corrected chi connectivity index (χ3v) is 6.62. The first-order valence-electron chi connectivity index (χ1n) is 13.8. The van der Waals surface area contributed by atoms with Gasteiger partial charge in [0.2, 0.25) is 0 Å². The fourth-order valence-corrected chi connectivity index (χ4v) is 4.48. The van der Waals surface area contributed by atoms with E-state index in [1.807, 2.05) is 36.4 Å². The van der Waals surface area contributed by atoms with Crippen LogP contribution in [0.1, 0.15) is 50.4 Å². The smallest absolute Gasteiger partial charge is 0.257 e. The van der Waals surface area contributed by atoms with Gasteiger partial charge >= 0.3 is 0 Å². The first kappa shape index (κ1) is 27.2. The van der Waals surface area contributed by atoms with Crippen molar-refractivity contribution in [3.05, 3.63) is 90.3 Å². The highest BCUT2D eigenvalue weighted by atomic mass is 16.5. The first-order chi connectivity index (χ1) is 18.7. The van der Waals surface area contributed by atoms with E-state index in [1.165, 1.54) is 11.1 Å². The fourth-order valence-electron chi connectivity index (χ4n) is 4.48. The van der Waals surface area contributed by atoms with Crippen molar-refractivity contribution in [2.75, 3.05) is 19.8 Å². The molecule has 200 valence electrons. The minimum Gasteiger partial charge on any atom is -0.494 e. The highest BCUT2D eigenvalue weighted by Crippen LogP contribution is 2.19. The van der Waals surface area contributed by atoms with Gasteiger partial charge < -0.3 is 19.4 Å². The predicted molar refractivity (Wildman–Crippen MR) is 153 cm³/mol. The number of benzene rings is 3. The van der Waals surface area contributed by atoms with Crippen molar-refractivity contribution in [3.63, 3.8) is 0 Å². The van der Waals surface area contributed by atoms with Gasteiger partial charge in [-0.3, -0.25) is 4.79 Å². The van der Waals surface area contributed by atoms with Gasteiger partial charge in [0.1, 0.15) is 17.3 Å². The van der Waals surface area contributed by atoms with Gasteiger partial charge in [-0.25, -0.2) is 4.98 Å². The Kier molecular flexibility index (Phi) is 10.6. The van der Waals surface area contributed by atoms with E-state index in [4.69, 9.17) is 14.5 Å². The largest absolute Gasteiger partial charge is 0.494 e. The molecule has 0 radical (unpaired) electrons. The zero-order chi connectivity index (χ0) is 26.4. The number of para-hydroxylation sites is 3. The number of nitrogens with zero attached hydrogens (tertiary/aromatic N) is 2. The molecule has 0 aliphatic carbocycles. The van der Waals surface area contributed by atoms with Crippen molar-refractivity contribution in [3.8, 4) is 11.5 Å². The summed E-state index contributed by atoms with van der Waals surface area (Å²) in [6.45, 7) is 4.52. The lowest BCUT2D eigenvalue weighted by atomic mass is 10.2. The van der Waals surface area contributed by atoms with Gasteiger partial charge in [-0.2, -0.15) is 0 Å². The van der Waals surface area contributed by atoms with Crippen LogP contribution in [0.15, 0.2) is 78.9 Å². The fraction of sp³-hybridized carbons (Fsp3) is 0.375. The van der Waals surface area contributed by atoms with Gasteiger partial charge in [0, 0.05) is 19.5 Å². The molecule has 4 rings (SSSR count). The van der Waals surface area contributed by atoms with E-state index >= 15 is 0 Å². The van der Waals surface area contributed by atoms with E-state index in [-0.39, 0.29) is 12.5 Å². The van der Waals surface area contributed by atoms with Gasteiger partial charge in [-0.15, -0.1) is 0 Å². The molecule has 0 saturated carbocycles. The molecule has 1 N–H and O–H groups in total. The Hall–Kier alpha value is -3.80. The second-order valence-corrected chi connectivity index (χ2v) is 9.48. The van der Waals surface area contributed by atoms with E-state index in [9.17, 15) is 4.79 Å². The monoisotopic (exact) mass is 513 g/mol. The van der Waals surface area contributed by atoms with Crippen molar-refractivity contribution < 1.29 is 14.3 Å². The van der Waals surface area contributed by atoms with Crippen LogP contribution < -0.4 is 14.8 Å². The molecule has 3 aromatic carbocycles. The minimum atomic E-state index is -0.0856. The summed E-state index contributed by atoms with van der Waals surface area (Å²) in [5, 5.41) is 2.95. The van der Waals surface area contributed by atoms with Crippen molar-refractivity contribution >= 4 is 16.9 Å². The SMILES string of the molecule is CCc1ccc(OCCCCn2c(CCCCCNC(=O)COc3ccccc3)nc3ccccc32)cc1. The molecule has 1 heterocycles. The zero-order valence-electron chi connectivity index (χ0n) is 22.4. The lowest BCUT2D eigenvalue weighted by molar-refractivity contribution is -0.123. The molecule has 0 spiro atoms. The summed E-state index contributed by atoms with van der Waals surface area (Å²) >= 11 is 0. The molecule has 0 aliphatic heterocycles. The molecule has 1 aromatic heterocycles. The Morgan fingerprint density at radius 3 is 2.39 bits per heavy atom. The van der Waals surface area contributed by atoms with Gasteiger partial charge in [0.25, 0.3) is 5.91 Å². The lowest BCUT2D eigenvalue weighted by Gasteiger charge is -2.11. The predicted octanol–water partition coefficient (Wildman–Crippen LogP) is 6.37. The molecular weight excluding hydrogens is 474 g/mol. The number of hydrogen-bond acceptors (Lipinski definition) is 4. The lowest BCUT2D eigenvalue weighted by Crippen LogP contribution is -2.29. The Bertz CT molecular complexity index is 1250. The molecule has 0 bridgehead atoms. The molecule has 1 amide bonds. The summed E-state index contributed by atoms with van der Waals surface area (Å²) in [5.74, 6) is 2.70. The van der Waals surface area contributed by atoms with Crippen LogP contribution in [0.4, 0.5) is 0 Å². The van der Waals surface area contributed by atoms with Crippen LogP contribution in [-0.2, 0) is 24.2 Å². The Balaban J connectivity index is 1.16. The number of carbonyl (C=O) groups is 1. The highest BCUT2D eigenvalue weighted by Gasteiger charge is 2.10. The number of unbranched alkanes of at least 4 members (excludes halogenated alkanes) is 3. The molecule has 0 fully saturated rings. The van der Waals surface area contributed by atoms with Crippen molar-refractivity contribution in [2.24, 2.45) is 0 Å². The van der Waals surface area contributed by atoms with E-state index in [1.54, 1.807) is 0 Å². The third kappa shape index (κ3) is 8.37. The average molecular weight is 514 g/mol. The maximum absolute atomic E-state index is 12.0. The summed E-state index contributed by atoms with van der Waals surface area (Å²) in [7, 11) is 0. The molecule has 0 unspecified atom stereocenters. The van der Waals surface area contributed by atoms with Crippen LogP contribution in [0, 0.1) is 0 Å². The highest BCUT2D eigenvalue weighted by molar-refractivity contribution is 5.77. The summed E-state index contributed by atoms with van der Waals surface area (Å²) in [6.07, 6.45) is 7.02. The molecule has 6 nitrogen and oxygen atoms in total. The van der Waals surface area contributed by atoms with Crippen LogP contribution in [-0.4, -0.2) is 35.2 Å². The number of carbonyl (C=O) groups excluding carboxylic acids is 1.